The average molecular weight is 214 g/mol. The topological polar surface area (TPSA) is 40.5 Å². The molecule has 0 saturated heterocycles. The van der Waals surface area contributed by atoms with Crippen molar-refractivity contribution in [1.29, 1.82) is 0 Å². The maximum absolute atomic E-state index is 11.7. The molecule has 0 aromatic heterocycles. The minimum absolute atomic E-state index is 0.000671. The number of hydrogen-bond donors (Lipinski definition) is 2. The van der Waals surface area contributed by atoms with Crippen molar-refractivity contribution < 1.29 is 23.4 Å². The van der Waals surface area contributed by atoms with E-state index in [1.54, 1.807) is 0 Å². The molecule has 0 amide bonds. The molecule has 0 aromatic carbocycles. The molecule has 0 aliphatic heterocycles. The minimum Gasteiger partial charge on any atom is -0.390 e. The summed E-state index contributed by atoms with van der Waals surface area (Å²) < 4.78 is 35.1. The predicted molar refractivity (Wildman–Crippen MR) is 46.8 cm³/mol. The fourth-order valence-corrected chi connectivity index (χ4v) is 1.19. The summed E-state index contributed by atoms with van der Waals surface area (Å²) in [6, 6.07) is 0. The second-order valence-corrected chi connectivity index (χ2v) is 3.43. The Morgan fingerprint density at radius 1 is 1.07 bits per heavy atom. The third-order valence-corrected chi connectivity index (χ3v) is 1.99. The van der Waals surface area contributed by atoms with Crippen molar-refractivity contribution in [1.82, 2.24) is 0 Å². The Morgan fingerprint density at radius 2 is 1.57 bits per heavy atom. The van der Waals surface area contributed by atoms with Crippen LogP contribution in [0.25, 0.3) is 0 Å². The standard InChI is InChI=1S/C9H17F3O2/c1-2-4-7(13)8(14)5-3-6-9(10,11)12/h7-8,13-14H,2-6H2,1H3. The van der Waals surface area contributed by atoms with E-state index in [0.717, 1.165) is 0 Å². The van der Waals surface area contributed by atoms with Crippen molar-refractivity contribution in [2.24, 2.45) is 0 Å². The SMILES string of the molecule is CCCC(O)C(O)CCCC(F)(F)F. The van der Waals surface area contributed by atoms with Crippen LogP contribution < -0.4 is 0 Å². The lowest BCUT2D eigenvalue weighted by molar-refractivity contribution is -0.137. The first-order chi connectivity index (χ1) is 6.37. The van der Waals surface area contributed by atoms with Gasteiger partial charge in [-0.2, -0.15) is 13.2 Å². The Labute approximate surface area is 81.7 Å². The van der Waals surface area contributed by atoms with Gasteiger partial charge in [0, 0.05) is 6.42 Å². The summed E-state index contributed by atoms with van der Waals surface area (Å²) >= 11 is 0. The molecule has 0 aromatic rings. The van der Waals surface area contributed by atoms with E-state index in [-0.39, 0.29) is 12.8 Å². The van der Waals surface area contributed by atoms with Gasteiger partial charge in [-0.25, -0.2) is 0 Å². The highest BCUT2D eigenvalue weighted by Gasteiger charge is 2.27. The van der Waals surface area contributed by atoms with Gasteiger partial charge in [-0.1, -0.05) is 13.3 Å². The first kappa shape index (κ1) is 13.7. The number of rotatable bonds is 6. The van der Waals surface area contributed by atoms with Gasteiger partial charge in [0.25, 0.3) is 0 Å². The molecule has 0 bridgehead atoms. The van der Waals surface area contributed by atoms with Gasteiger partial charge in [0.2, 0.25) is 0 Å². The highest BCUT2D eigenvalue weighted by Crippen LogP contribution is 2.23. The second kappa shape index (κ2) is 6.24. The number of aliphatic hydroxyl groups is 2. The normalized spacial score (nSPS) is 16.7. The molecular formula is C9H17F3O2. The van der Waals surface area contributed by atoms with E-state index >= 15 is 0 Å². The van der Waals surface area contributed by atoms with Gasteiger partial charge in [-0.05, 0) is 19.3 Å². The molecule has 0 spiro atoms. The molecule has 86 valence electrons. The molecule has 0 aliphatic carbocycles. The van der Waals surface area contributed by atoms with Crippen LogP contribution in [0.15, 0.2) is 0 Å². The Kier molecular flexibility index (Phi) is 6.11. The molecule has 0 heterocycles. The first-order valence-electron chi connectivity index (χ1n) is 4.79. The number of hydrogen-bond acceptors (Lipinski definition) is 2. The van der Waals surface area contributed by atoms with Crippen molar-refractivity contribution in [3.63, 3.8) is 0 Å². The molecule has 0 fully saturated rings. The largest absolute Gasteiger partial charge is 0.390 e. The van der Waals surface area contributed by atoms with E-state index in [4.69, 9.17) is 0 Å². The van der Waals surface area contributed by atoms with Crippen molar-refractivity contribution in [3.05, 3.63) is 0 Å². The van der Waals surface area contributed by atoms with E-state index in [1.807, 2.05) is 6.92 Å². The van der Waals surface area contributed by atoms with Crippen molar-refractivity contribution in [2.45, 2.75) is 57.4 Å². The van der Waals surface area contributed by atoms with Crippen LogP contribution in [-0.4, -0.2) is 28.6 Å². The lowest BCUT2D eigenvalue weighted by Crippen LogP contribution is -2.26. The maximum atomic E-state index is 11.7. The molecule has 0 radical (unpaired) electrons. The van der Waals surface area contributed by atoms with Gasteiger partial charge >= 0.3 is 6.18 Å². The van der Waals surface area contributed by atoms with E-state index in [1.165, 1.54) is 0 Å². The molecule has 2 atom stereocenters. The minimum atomic E-state index is -4.17. The zero-order valence-electron chi connectivity index (χ0n) is 8.22. The van der Waals surface area contributed by atoms with Gasteiger partial charge in [-0.15, -0.1) is 0 Å². The summed E-state index contributed by atoms with van der Waals surface area (Å²) in [5, 5.41) is 18.4. The number of alkyl halides is 3. The summed E-state index contributed by atoms with van der Waals surface area (Å²) in [5.74, 6) is 0. The molecule has 0 aliphatic rings. The van der Waals surface area contributed by atoms with E-state index in [0.29, 0.717) is 12.8 Å². The summed E-state index contributed by atoms with van der Waals surface area (Å²) in [4.78, 5) is 0. The van der Waals surface area contributed by atoms with E-state index < -0.39 is 24.8 Å². The molecule has 5 heteroatoms. The van der Waals surface area contributed by atoms with Crippen molar-refractivity contribution in [3.8, 4) is 0 Å². The third kappa shape index (κ3) is 7.15. The average Bonchev–Trinajstić information content (AvgIpc) is 2.02. The van der Waals surface area contributed by atoms with Gasteiger partial charge in [0.1, 0.15) is 0 Å². The van der Waals surface area contributed by atoms with Crippen LogP contribution in [0.5, 0.6) is 0 Å². The fraction of sp³-hybridized carbons (Fsp3) is 1.00. The third-order valence-electron chi connectivity index (χ3n) is 1.99. The predicted octanol–water partition coefficient (Wildman–Crippen LogP) is 2.24. The van der Waals surface area contributed by atoms with Crippen LogP contribution >= 0.6 is 0 Å². The summed E-state index contributed by atoms with van der Waals surface area (Å²) in [7, 11) is 0. The summed E-state index contributed by atoms with van der Waals surface area (Å²) in [5.41, 5.74) is 0. The number of aliphatic hydroxyl groups excluding tert-OH is 2. The van der Waals surface area contributed by atoms with Gasteiger partial charge in [0.05, 0.1) is 12.2 Å². The highest BCUT2D eigenvalue weighted by molar-refractivity contribution is 4.67. The van der Waals surface area contributed by atoms with Crippen LogP contribution in [0.3, 0.4) is 0 Å². The Balaban J connectivity index is 3.58. The quantitative estimate of drug-likeness (QED) is 0.711. The molecule has 0 rings (SSSR count). The van der Waals surface area contributed by atoms with E-state index in [9.17, 15) is 23.4 Å². The second-order valence-electron chi connectivity index (χ2n) is 3.43. The summed E-state index contributed by atoms with van der Waals surface area (Å²) in [6.07, 6.45) is -6.00. The molecule has 0 saturated carbocycles. The van der Waals surface area contributed by atoms with Gasteiger partial charge in [-0.3, -0.25) is 0 Å². The molecule has 2 N–H and O–H groups in total. The van der Waals surface area contributed by atoms with Crippen molar-refractivity contribution in [2.75, 3.05) is 0 Å². The Bertz CT molecular complexity index is 147. The van der Waals surface area contributed by atoms with Gasteiger partial charge in [0.15, 0.2) is 0 Å². The van der Waals surface area contributed by atoms with Crippen LogP contribution in [-0.2, 0) is 0 Å². The Hall–Kier alpha value is -0.290. The van der Waals surface area contributed by atoms with Crippen LogP contribution in [0, 0.1) is 0 Å². The zero-order chi connectivity index (χ0) is 11.2. The first-order valence-corrected chi connectivity index (χ1v) is 4.79. The van der Waals surface area contributed by atoms with E-state index in [2.05, 4.69) is 0 Å². The maximum Gasteiger partial charge on any atom is 0.389 e. The van der Waals surface area contributed by atoms with Crippen LogP contribution in [0.1, 0.15) is 39.0 Å². The lowest BCUT2D eigenvalue weighted by Gasteiger charge is -2.17. The van der Waals surface area contributed by atoms with Crippen molar-refractivity contribution >= 4 is 0 Å². The fourth-order valence-electron chi connectivity index (χ4n) is 1.19. The highest BCUT2D eigenvalue weighted by atomic mass is 19.4. The molecular weight excluding hydrogens is 197 g/mol. The monoisotopic (exact) mass is 214 g/mol. The van der Waals surface area contributed by atoms with Gasteiger partial charge < -0.3 is 10.2 Å². The Morgan fingerprint density at radius 3 is 2.00 bits per heavy atom. The van der Waals surface area contributed by atoms with Crippen LogP contribution in [0.2, 0.25) is 0 Å². The zero-order valence-corrected chi connectivity index (χ0v) is 8.22. The molecule has 2 nitrogen and oxygen atoms in total. The molecule has 14 heavy (non-hydrogen) atoms. The number of halogens is 3. The summed E-state index contributed by atoms with van der Waals surface area (Å²) in [6.45, 7) is 1.84. The molecule has 2 unspecified atom stereocenters. The smallest absolute Gasteiger partial charge is 0.389 e. The lowest BCUT2D eigenvalue weighted by atomic mass is 10.0. The van der Waals surface area contributed by atoms with Crippen LogP contribution in [0.4, 0.5) is 13.2 Å².